The fourth-order valence-electron chi connectivity index (χ4n) is 0.421. The second-order valence-electron chi connectivity index (χ2n) is 1.73. The highest BCUT2D eigenvalue weighted by molar-refractivity contribution is 9.06. The molecule has 0 aliphatic heterocycles. The van der Waals surface area contributed by atoms with Crippen molar-refractivity contribution in [3.63, 3.8) is 0 Å². The van der Waals surface area contributed by atoms with Crippen LogP contribution >= 0.6 is 28.0 Å². The third kappa shape index (κ3) is 4.18. The monoisotopic (exact) mass is 244 g/mol. The Morgan fingerprint density at radius 1 is 1.73 bits per heavy atom. The van der Waals surface area contributed by atoms with Crippen LogP contribution in [0.5, 0.6) is 0 Å². The van der Waals surface area contributed by atoms with E-state index < -0.39 is 17.9 Å². The van der Waals surface area contributed by atoms with Gasteiger partial charge in [0.2, 0.25) is 5.91 Å². The first kappa shape index (κ1) is 10.7. The van der Waals surface area contributed by atoms with Crippen molar-refractivity contribution in [2.24, 2.45) is 5.73 Å². The topological polar surface area (TPSA) is 81.4 Å². The number of carbonyl (C=O) groups excluding carboxylic acids is 2. The van der Waals surface area contributed by atoms with Crippen LogP contribution in [0.4, 0.5) is 0 Å². The van der Waals surface area contributed by atoms with Crippen molar-refractivity contribution < 1.29 is 13.4 Å². The van der Waals surface area contributed by atoms with Gasteiger partial charge in [0.25, 0.3) is 0 Å². The lowest BCUT2D eigenvalue weighted by Gasteiger charge is -2.07. The van der Waals surface area contributed by atoms with Gasteiger partial charge in [-0.25, -0.2) is 9.63 Å². The van der Waals surface area contributed by atoms with E-state index in [4.69, 9.17) is 17.5 Å². The number of halogens is 2. The Morgan fingerprint density at radius 3 is 2.55 bits per heavy atom. The first-order valence-electron chi connectivity index (χ1n) is 2.58. The molecule has 0 spiro atoms. The summed E-state index contributed by atoms with van der Waals surface area (Å²) in [6, 6.07) is -0.909. The number of hydrogen-bond acceptors (Lipinski definition) is 4. The number of nitrogens with two attached hydrogens (primary N) is 1. The van der Waals surface area contributed by atoms with Gasteiger partial charge in [-0.15, -0.1) is 0 Å². The molecular formula is C4H6BrClN2O3. The summed E-state index contributed by atoms with van der Waals surface area (Å²) in [4.78, 5) is 23.0. The predicted molar refractivity (Wildman–Crippen MR) is 41.6 cm³/mol. The summed E-state index contributed by atoms with van der Waals surface area (Å²) in [7, 11) is 0. The molecule has 5 nitrogen and oxygen atoms in total. The smallest absolute Gasteiger partial charge is 0.336 e. The van der Waals surface area contributed by atoms with Crippen LogP contribution in [0.15, 0.2) is 0 Å². The molecule has 0 aromatic rings. The summed E-state index contributed by atoms with van der Waals surface area (Å²) in [6.45, 7) is 0. The normalized spacial score (nSPS) is 12.2. The molecule has 0 bridgehead atoms. The average molecular weight is 245 g/mol. The summed E-state index contributed by atoms with van der Waals surface area (Å²) >= 11 is 7.55. The molecule has 3 N–H and O–H groups in total. The molecule has 0 fully saturated rings. The highest BCUT2D eigenvalue weighted by atomic mass is 79.9. The van der Waals surface area contributed by atoms with Gasteiger partial charge in [-0.1, -0.05) is 0 Å². The molecule has 0 aliphatic carbocycles. The predicted octanol–water partition coefficient (Wildman–Crippen LogP) is -0.173. The zero-order chi connectivity index (χ0) is 8.85. The number of rotatable bonds is 4. The zero-order valence-corrected chi connectivity index (χ0v) is 7.68. The van der Waals surface area contributed by atoms with Gasteiger partial charge in [0.05, 0.1) is 6.42 Å². The van der Waals surface area contributed by atoms with E-state index in [1.165, 1.54) is 0 Å². The molecule has 0 heterocycles. The molecule has 0 rings (SSSR count). The van der Waals surface area contributed by atoms with E-state index in [9.17, 15) is 9.59 Å². The van der Waals surface area contributed by atoms with Gasteiger partial charge in [-0.3, -0.25) is 4.79 Å². The highest BCUT2D eigenvalue weighted by Gasteiger charge is 2.20. The molecule has 1 amide bonds. The van der Waals surface area contributed by atoms with Crippen molar-refractivity contribution >= 4 is 39.9 Å². The molecule has 0 aromatic carbocycles. The van der Waals surface area contributed by atoms with Crippen LogP contribution in [-0.2, 0) is 13.4 Å². The number of carbonyl (C=O) groups is 2. The standard InChI is InChI=1S/C4H6BrClN2O3/c5-11-4(10)2(8-6)1-3(7)9/h2,8H,1H2,(H2,7,9)/t2-/m0/s1. The van der Waals surface area contributed by atoms with Crippen LogP contribution in [0.1, 0.15) is 6.42 Å². The number of amides is 1. The van der Waals surface area contributed by atoms with Gasteiger partial charge >= 0.3 is 5.97 Å². The van der Waals surface area contributed by atoms with Crippen LogP contribution in [0.25, 0.3) is 0 Å². The van der Waals surface area contributed by atoms with Crippen molar-refractivity contribution in [2.45, 2.75) is 12.5 Å². The van der Waals surface area contributed by atoms with Crippen LogP contribution in [-0.4, -0.2) is 17.9 Å². The third-order valence-electron chi connectivity index (χ3n) is 0.898. The van der Waals surface area contributed by atoms with E-state index in [1.807, 2.05) is 0 Å². The van der Waals surface area contributed by atoms with Crippen LogP contribution in [0.2, 0.25) is 0 Å². The first-order valence-corrected chi connectivity index (χ1v) is 3.61. The Kier molecular flexibility index (Phi) is 5.18. The lowest BCUT2D eigenvalue weighted by atomic mass is 10.2. The summed E-state index contributed by atoms with van der Waals surface area (Å²) < 4.78 is 4.12. The average Bonchev–Trinajstić information content (AvgIpc) is 1.98. The van der Waals surface area contributed by atoms with E-state index in [0.717, 1.165) is 0 Å². The van der Waals surface area contributed by atoms with E-state index in [0.29, 0.717) is 0 Å². The highest BCUT2D eigenvalue weighted by Crippen LogP contribution is 1.99. The quantitative estimate of drug-likeness (QED) is 0.674. The molecule has 0 unspecified atom stereocenters. The second kappa shape index (κ2) is 5.34. The number of nitrogens with one attached hydrogen (secondary N) is 1. The Hall–Kier alpha value is -0.330. The maximum Gasteiger partial charge on any atom is 0.336 e. The largest absolute Gasteiger partial charge is 0.382 e. The lowest BCUT2D eigenvalue weighted by Crippen LogP contribution is -2.35. The second-order valence-corrected chi connectivity index (χ2v) is 2.27. The Bertz CT molecular complexity index is 165. The van der Waals surface area contributed by atoms with Crippen LogP contribution in [0.3, 0.4) is 0 Å². The summed E-state index contributed by atoms with van der Waals surface area (Å²) in [5.41, 5.74) is 4.80. The third-order valence-corrected chi connectivity index (χ3v) is 1.48. The zero-order valence-electron chi connectivity index (χ0n) is 5.34. The van der Waals surface area contributed by atoms with Crippen molar-refractivity contribution in [1.29, 1.82) is 0 Å². The molecule has 64 valence electrons. The maximum atomic E-state index is 10.7. The van der Waals surface area contributed by atoms with Gasteiger partial charge in [-0.2, -0.15) is 0 Å². The van der Waals surface area contributed by atoms with E-state index >= 15 is 0 Å². The van der Waals surface area contributed by atoms with Crippen LogP contribution in [0, 0.1) is 0 Å². The van der Waals surface area contributed by atoms with Crippen molar-refractivity contribution in [3.05, 3.63) is 0 Å². The van der Waals surface area contributed by atoms with Gasteiger partial charge in [0.1, 0.15) is 6.04 Å². The molecular weight excluding hydrogens is 239 g/mol. The number of primary amides is 1. The minimum Gasteiger partial charge on any atom is -0.382 e. The fraction of sp³-hybridized carbons (Fsp3) is 0.500. The van der Waals surface area contributed by atoms with Crippen molar-refractivity contribution in [1.82, 2.24) is 4.84 Å². The van der Waals surface area contributed by atoms with Crippen molar-refractivity contribution in [3.8, 4) is 0 Å². The van der Waals surface area contributed by atoms with E-state index in [-0.39, 0.29) is 6.42 Å². The van der Waals surface area contributed by atoms with E-state index in [1.54, 1.807) is 0 Å². The van der Waals surface area contributed by atoms with Gasteiger partial charge < -0.3 is 9.56 Å². The summed E-state index contributed by atoms with van der Waals surface area (Å²) in [5, 5.41) is 0. The van der Waals surface area contributed by atoms with E-state index in [2.05, 4.69) is 24.9 Å². The maximum absolute atomic E-state index is 10.7. The molecule has 0 saturated carbocycles. The summed E-state index contributed by atoms with van der Waals surface area (Å²) in [5.74, 6) is -1.33. The Balaban J connectivity index is 3.94. The molecule has 1 atom stereocenters. The molecule has 0 aromatic heterocycles. The molecule has 0 radical (unpaired) electrons. The van der Waals surface area contributed by atoms with Gasteiger partial charge in [0.15, 0.2) is 16.3 Å². The minimum absolute atomic E-state index is 0.200. The molecule has 0 aliphatic rings. The Labute approximate surface area is 76.8 Å². The molecule has 0 saturated heterocycles. The summed E-state index contributed by atoms with van der Waals surface area (Å²) in [6.07, 6.45) is -0.200. The SMILES string of the molecule is NC(=O)C[C@H](NCl)C(=O)OBr. The molecule has 7 heteroatoms. The minimum atomic E-state index is -0.909. The Morgan fingerprint density at radius 2 is 2.27 bits per heavy atom. The molecule has 11 heavy (non-hydrogen) atoms. The lowest BCUT2D eigenvalue weighted by molar-refractivity contribution is -0.136. The number of hydrogen-bond donors (Lipinski definition) is 2. The fourth-order valence-corrected chi connectivity index (χ4v) is 0.813. The van der Waals surface area contributed by atoms with Crippen molar-refractivity contribution in [2.75, 3.05) is 0 Å². The first-order chi connectivity index (χ1) is 5.11. The van der Waals surface area contributed by atoms with Crippen LogP contribution < -0.4 is 10.6 Å². The van der Waals surface area contributed by atoms with Gasteiger partial charge in [0, 0.05) is 0 Å². The van der Waals surface area contributed by atoms with Gasteiger partial charge in [-0.05, 0) is 11.8 Å².